The highest BCUT2D eigenvalue weighted by atomic mass is 16.3. The maximum Gasteiger partial charge on any atom is 0.0580 e. The van der Waals surface area contributed by atoms with Gasteiger partial charge < -0.3 is 10.0 Å². The summed E-state index contributed by atoms with van der Waals surface area (Å²) in [6, 6.07) is 0. The van der Waals surface area contributed by atoms with Gasteiger partial charge in [-0.15, -0.1) is 0 Å². The summed E-state index contributed by atoms with van der Waals surface area (Å²) in [5, 5.41) is 9.62. The molecule has 0 radical (unpaired) electrons. The van der Waals surface area contributed by atoms with Crippen molar-refractivity contribution in [2.24, 2.45) is 5.92 Å². The predicted octanol–water partition coefficient (Wildman–Crippen LogP) is 1.24. The Labute approximate surface area is 74.6 Å². The van der Waals surface area contributed by atoms with Crippen LogP contribution in [0.4, 0.5) is 0 Å². The predicted molar refractivity (Wildman–Crippen MR) is 49.0 cm³/mol. The Bertz CT molecular complexity index is 143. The number of nitrogens with zero attached hydrogens (tertiary/aromatic N) is 1. The summed E-state index contributed by atoms with van der Waals surface area (Å²) in [5.74, 6) is 0.586. The van der Waals surface area contributed by atoms with Gasteiger partial charge in [0.05, 0.1) is 6.10 Å². The summed E-state index contributed by atoms with van der Waals surface area (Å²) in [6.07, 6.45) is 6.26. The first kappa shape index (κ1) is 8.52. The van der Waals surface area contributed by atoms with Gasteiger partial charge in [-0.05, 0) is 44.7 Å². The molecule has 1 aliphatic heterocycles. The zero-order valence-corrected chi connectivity index (χ0v) is 7.71. The first-order valence-corrected chi connectivity index (χ1v) is 5.26. The molecule has 2 aliphatic rings. The molecular weight excluding hydrogens is 150 g/mol. The number of hydrogen-bond acceptors (Lipinski definition) is 2. The molecule has 2 heteroatoms. The van der Waals surface area contributed by atoms with Crippen LogP contribution < -0.4 is 0 Å². The topological polar surface area (TPSA) is 23.5 Å². The van der Waals surface area contributed by atoms with Crippen molar-refractivity contribution in [3.63, 3.8) is 0 Å². The average Bonchev–Trinajstić information content (AvgIpc) is 2.65. The highest BCUT2D eigenvalue weighted by Crippen LogP contribution is 2.27. The van der Waals surface area contributed by atoms with Crippen LogP contribution in [0.5, 0.6) is 0 Å². The SMILES string of the molecule is O[C@@H]1CCC[C@H]1CN1CCCC1. The smallest absolute Gasteiger partial charge is 0.0580 e. The van der Waals surface area contributed by atoms with E-state index in [-0.39, 0.29) is 6.10 Å². The van der Waals surface area contributed by atoms with Crippen molar-refractivity contribution >= 4 is 0 Å². The molecule has 1 saturated carbocycles. The Morgan fingerprint density at radius 2 is 1.83 bits per heavy atom. The van der Waals surface area contributed by atoms with Gasteiger partial charge in [0.2, 0.25) is 0 Å². The quantitative estimate of drug-likeness (QED) is 0.672. The summed E-state index contributed by atoms with van der Waals surface area (Å²) in [7, 11) is 0. The van der Waals surface area contributed by atoms with E-state index < -0.39 is 0 Å². The first-order chi connectivity index (χ1) is 5.86. The van der Waals surface area contributed by atoms with Crippen molar-refractivity contribution in [2.45, 2.75) is 38.2 Å². The molecule has 1 saturated heterocycles. The van der Waals surface area contributed by atoms with E-state index >= 15 is 0 Å². The van der Waals surface area contributed by atoms with E-state index in [9.17, 15) is 5.11 Å². The van der Waals surface area contributed by atoms with E-state index in [1.54, 1.807) is 0 Å². The molecule has 12 heavy (non-hydrogen) atoms. The molecular formula is C10H19NO. The third kappa shape index (κ3) is 1.80. The second-order valence-electron chi connectivity index (χ2n) is 4.27. The molecule has 2 fully saturated rings. The maximum absolute atomic E-state index is 9.62. The fourth-order valence-corrected chi connectivity index (χ4v) is 2.53. The van der Waals surface area contributed by atoms with Crippen molar-refractivity contribution in [2.75, 3.05) is 19.6 Å². The van der Waals surface area contributed by atoms with Crippen molar-refractivity contribution in [1.29, 1.82) is 0 Å². The van der Waals surface area contributed by atoms with Crippen LogP contribution in [-0.4, -0.2) is 35.7 Å². The number of likely N-dealkylation sites (tertiary alicyclic amines) is 1. The molecule has 1 heterocycles. The van der Waals surface area contributed by atoms with E-state index in [1.165, 1.54) is 38.8 Å². The molecule has 0 aromatic carbocycles. The molecule has 0 spiro atoms. The number of hydrogen-bond donors (Lipinski definition) is 1. The van der Waals surface area contributed by atoms with Gasteiger partial charge in [-0.1, -0.05) is 6.42 Å². The molecule has 1 N–H and O–H groups in total. The summed E-state index contributed by atoms with van der Waals surface area (Å²) < 4.78 is 0. The second-order valence-corrected chi connectivity index (χ2v) is 4.27. The average molecular weight is 169 g/mol. The van der Waals surface area contributed by atoms with Crippen LogP contribution in [-0.2, 0) is 0 Å². The monoisotopic (exact) mass is 169 g/mol. The van der Waals surface area contributed by atoms with Crippen molar-refractivity contribution in [3.8, 4) is 0 Å². The van der Waals surface area contributed by atoms with E-state index in [2.05, 4.69) is 4.90 Å². The van der Waals surface area contributed by atoms with Gasteiger partial charge in [-0.2, -0.15) is 0 Å². The van der Waals surface area contributed by atoms with Crippen molar-refractivity contribution in [1.82, 2.24) is 4.90 Å². The largest absolute Gasteiger partial charge is 0.393 e. The number of aliphatic hydroxyl groups is 1. The minimum atomic E-state index is 0.00519. The number of aliphatic hydroxyl groups excluding tert-OH is 1. The second kappa shape index (κ2) is 3.75. The molecule has 0 aromatic rings. The standard InChI is InChI=1S/C10H19NO/c12-10-5-3-4-9(10)8-11-6-1-2-7-11/h9-10,12H,1-8H2/t9-,10+/m0/s1. The Hall–Kier alpha value is -0.0800. The third-order valence-electron chi connectivity index (χ3n) is 3.31. The van der Waals surface area contributed by atoms with Gasteiger partial charge in [0.15, 0.2) is 0 Å². The van der Waals surface area contributed by atoms with Crippen LogP contribution in [0, 0.1) is 5.92 Å². The van der Waals surface area contributed by atoms with Crippen LogP contribution in [0.1, 0.15) is 32.1 Å². The zero-order chi connectivity index (χ0) is 8.39. The molecule has 0 amide bonds. The molecule has 2 atom stereocenters. The van der Waals surface area contributed by atoms with Crippen LogP contribution in [0.2, 0.25) is 0 Å². The lowest BCUT2D eigenvalue weighted by atomic mass is 10.1. The zero-order valence-electron chi connectivity index (χ0n) is 7.71. The molecule has 2 nitrogen and oxygen atoms in total. The van der Waals surface area contributed by atoms with Gasteiger partial charge in [0, 0.05) is 6.54 Å². The first-order valence-electron chi connectivity index (χ1n) is 5.26. The normalized spacial score (nSPS) is 37.8. The van der Waals surface area contributed by atoms with Crippen LogP contribution >= 0.6 is 0 Å². The summed E-state index contributed by atoms with van der Waals surface area (Å²) in [5.41, 5.74) is 0. The molecule has 0 bridgehead atoms. The van der Waals surface area contributed by atoms with E-state index in [0.717, 1.165) is 13.0 Å². The Morgan fingerprint density at radius 1 is 1.08 bits per heavy atom. The van der Waals surface area contributed by atoms with Crippen molar-refractivity contribution in [3.05, 3.63) is 0 Å². The molecule has 1 aliphatic carbocycles. The lowest BCUT2D eigenvalue weighted by Crippen LogP contribution is -2.30. The van der Waals surface area contributed by atoms with Crippen LogP contribution in [0.15, 0.2) is 0 Å². The van der Waals surface area contributed by atoms with E-state index in [4.69, 9.17) is 0 Å². The third-order valence-corrected chi connectivity index (χ3v) is 3.31. The summed E-state index contributed by atoms with van der Waals surface area (Å²) >= 11 is 0. The Morgan fingerprint density at radius 3 is 2.42 bits per heavy atom. The fraction of sp³-hybridized carbons (Fsp3) is 1.00. The maximum atomic E-state index is 9.62. The number of rotatable bonds is 2. The Balaban J connectivity index is 1.77. The van der Waals surface area contributed by atoms with Gasteiger partial charge in [-0.3, -0.25) is 0 Å². The van der Waals surface area contributed by atoms with E-state index in [1.807, 2.05) is 0 Å². The molecule has 0 aromatic heterocycles. The van der Waals surface area contributed by atoms with Crippen molar-refractivity contribution < 1.29 is 5.11 Å². The minimum Gasteiger partial charge on any atom is -0.393 e. The van der Waals surface area contributed by atoms with Crippen LogP contribution in [0.3, 0.4) is 0 Å². The summed E-state index contributed by atoms with van der Waals surface area (Å²) in [6.45, 7) is 3.69. The molecule has 0 unspecified atom stereocenters. The van der Waals surface area contributed by atoms with Gasteiger partial charge >= 0.3 is 0 Å². The lowest BCUT2D eigenvalue weighted by Gasteiger charge is -2.21. The van der Waals surface area contributed by atoms with Crippen LogP contribution in [0.25, 0.3) is 0 Å². The summed E-state index contributed by atoms with van der Waals surface area (Å²) in [4.78, 5) is 2.51. The Kier molecular flexibility index (Phi) is 2.66. The highest BCUT2D eigenvalue weighted by molar-refractivity contribution is 4.80. The minimum absolute atomic E-state index is 0.00519. The highest BCUT2D eigenvalue weighted by Gasteiger charge is 2.27. The molecule has 2 rings (SSSR count). The molecule has 70 valence electrons. The van der Waals surface area contributed by atoms with E-state index in [0.29, 0.717) is 5.92 Å². The van der Waals surface area contributed by atoms with Gasteiger partial charge in [-0.25, -0.2) is 0 Å². The van der Waals surface area contributed by atoms with Gasteiger partial charge in [0.1, 0.15) is 0 Å². The lowest BCUT2D eigenvalue weighted by molar-refractivity contribution is 0.109. The fourth-order valence-electron chi connectivity index (χ4n) is 2.53. The van der Waals surface area contributed by atoms with Gasteiger partial charge in [0.25, 0.3) is 0 Å².